The highest BCUT2D eigenvalue weighted by molar-refractivity contribution is 5.70. The topological polar surface area (TPSA) is 52.6 Å². The van der Waals surface area contributed by atoms with Crippen LogP contribution in [0.2, 0.25) is 0 Å². The minimum atomic E-state index is -0.612. The van der Waals surface area contributed by atoms with Crippen LogP contribution >= 0.6 is 0 Å². The van der Waals surface area contributed by atoms with Crippen LogP contribution in [0.15, 0.2) is 0 Å². The van der Waals surface area contributed by atoms with Crippen molar-refractivity contribution < 1.29 is 9.90 Å². The number of carbonyl (C=O) groups is 1. The Morgan fingerprint density at radius 3 is 2.62 bits per heavy atom. The van der Waals surface area contributed by atoms with E-state index in [2.05, 4.69) is 10.2 Å². The predicted molar refractivity (Wildman–Crippen MR) is 62.4 cm³/mol. The molecule has 0 aromatic carbocycles. The van der Waals surface area contributed by atoms with Crippen LogP contribution in [0.3, 0.4) is 0 Å². The Morgan fingerprint density at radius 1 is 1.31 bits per heavy atom. The largest absolute Gasteiger partial charge is 0.481 e. The number of hydrogen-bond acceptors (Lipinski definition) is 3. The summed E-state index contributed by atoms with van der Waals surface area (Å²) in [5.41, 5.74) is 0. The standard InChI is InChI=1S/C12H22N2O2/c15-12(16)11-3-6-14(7-4-11)9-10-2-1-5-13-8-10/h10-11,13H,1-9H2,(H,15,16). The Hall–Kier alpha value is -0.610. The lowest BCUT2D eigenvalue weighted by molar-refractivity contribution is -0.143. The molecule has 2 aliphatic rings. The molecule has 0 bridgehead atoms. The zero-order chi connectivity index (χ0) is 11.4. The summed E-state index contributed by atoms with van der Waals surface area (Å²) in [7, 11) is 0. The fraction of sp³-hybridized carbons (Fsp3) is 0.917. The third-order valence-corrected chi connectivity index (χ3v) is 3.85. The van der Waals surface area contributed by atoms with Crippen LogP contribution in [0.25, 0.3) is 0 Å². The number of likely N-dealkylation sites (tertiary alicyclic amines) is 1. The molecule has 0 aromatic heterocycles. The molecule has 0 aromatic rings. The average Bonchev–Trinajstić information content (AvgIpc) is 2.31. The summed E-state index contributed by atoms with van der Waals surface area (Å²) in [6.07, 6.45) is 4.27. The van der Waals surface area contributed by atoms with Gasteiger partial charge in [0.2, 0.25) is 0 Å². The van der Waals surface area contributed by atoms with E-state index in [-0.39, 0.29) is 5.92 Å². The molecule has 2 saturated heterocycles. The average molecular weight is 226 g/mol. The van der Waals surface area contributed by atoms with Crippen molar-refractivity contribution in [1.82, 2.24) is 10.2 Å². The summed E-state index contributed by atoms with van der Waals surface area (Å²) in [6.45, 7) is 5.39. The first-order chi connectivity index (χ1) is 7.75. The molecule has 92 valence electrons. The van der Waals surface area contributed by atoms with E-state index in [0.29, 0.717) is 0 Å². The van der Waals surface area contributed by atoms with Crippen LogP contribution in [0.1, 0.15) is 25.7 Å². The normalized spacial score (nSPS) is 29.1. The summed E-state index contributed by atoms with van der Waals surface area (Å²) in [5, 5.41) is 12.3. The van der Waals surface area contributed by atoms with Gasteiger partial charge in [0.15, 0.2) is 0 Å². The lowest BCUT2D eigenvalue weighted by Gasteiger charge is -2.34. The molecule has 2 fully saturated rings. The van der Waals surface area contributed by atoms with Gasteiger partial charge < -0.3 is 15.3 Å². The van der Waals surface area contributed by atoms with Gasteiger partial charge in [-0.3, -0.25) is 4.79 Å². The molecule has 2 heterocycles. The molecule has 4 heteroatoms. The quantitative estimate of drug-likeness (QED) is 0.747. The van der Waals surface area contributed by atoms with E-state index in [1.54, 1.807) is 0 Å². The maximum absolute atomic E-state index is 10.8. The van der Waals surface area contributed by atoms with Crippen molar-refractivity contribution in [3.8, 4) is 0 Å². The van der Waals surface area contributed by atoms with Gasteiger partial charge in [-0.15, -0.1) is 0 Å². The number of aliphatic carboxylic acids is 1. The number of rotatable bonds is 3. The fourth-order valence-electron chi connectivity index (χ4n) is 2.81. The molecule has 0 aliphatic carbocycles. The molecule has 0 amide bonds. The Kier molecular flexibility index (Phi) is 4.18. The van der Waals surface area contributed by atoms with Gasteiger partial charge in [0.25, 0.3) is 0 Å². The first-order valence-corrected chi connectivity index (χ1v) is 6.41. The van der Waals surface area contributed by atoms with Gasteiger partial charge in [-0.25, -0.2) is 0 Å². The number of nitrogens with one attached hydrogen (secondary N) is 1. The van der Waals surface area contributed by atoms with Gasteiger partial charge in [-0.2, -0.15) is 0 Å². The molecule has 2 aliphatic heterocycles. The van der Waals surface area contributed by atoms with Crippen molar-refractivity contribution in [2.24, 2.45) is 11.8 Å². The summed E-state index contributed by atoms with van der Waals surface area (Å²) >= 11 is 0. The smallest absolute Gasteiger partial charge is 0.306 e. The molecule has 4 nitrogen and oxygen atoms in total. The predicted octanol–water partition coefficient (Wildman–Crippen LogP) is 0.783. The lowest BCUT2D eigenvalue weighted by atomic mass is 9.94. The molecular formula is C12H22N2O2. The maximum atomic E-state index is 10.8. The molecule has 0 spiro atoms. The Morgan fingerprint density at radius 2 is 2.06 bits per heavy atom. The SMILES string of the molecule is O=C(O)C1CCN(CC2CCCNC2)CC1. The molecule has 1 unspecified atom stereocenters. The zero-order valence-corrected chi connectivity index (χ0v) is 9.82. The first kappa shape index (κ1) is 11.9. The highest BCUT2D eigenvalue weighted by atomic mass is 16.4. The lowest BCUT2D eigenvalue weighted by Crippen LogP contribution is -2.42. The highest BCUT2D eigenvalue weighted by Gasteiger charge is 2.26. The molecule has 0 radical (unpaired) electrons. The number of carboxylic acid groups (broad SMARTS) is 1. The summed E-state index contributed by atoms with van der Waals surface area (Å²) in [5.74, 6) is 0.0647. The van der Waals surface area contributed by atoms with Gasteiger partial charge in [0.05, 0.1) is 5.92 Å². The van der Waals surface area contributed by atoms with Crippen LogP contribution in [0.4, 0.5) is 0 Å². The van der Waals surface area contributed by atoms with Crippen molar-refractivity contribution in [3.05, 3.63) is 0 Å². The van der Waals surface area contributed by atoms with E-state index < -0.39 is 5.97 Å². The second-order valence-electron chi connectivity index (χ2n) is 5.13. The second-order valence-corrected chi connectivity index (χ2v) is 5.13. The van der Waals surface area contributed by atoms with Crippen molar-refractivity contribution >= 4 is 5.97 Å². The van der Waals surface area contributed by atoms with Gasteiger partial charge in [0, 0.05) is 6.54 Å². The van der Waals surface area contributed by atoms with E-state index in [0.717, 1.165) is 51.5 Å². The summed E-state index contributed by atoms with van der Waals surface area (Å²) in [4.78, 5) is 13.3. The number of hydrogen-bond donors (Lipinski definition) is 2. The minimum absolute atomic E-state index is 0.0965. The van der Waals surface area contributed by atoms with Crippen molar-refractivity contribution in [2.45, 2.75) is 25.7 Å². The van der Waals surface area contributed by atoms with Gasteiger partial charge >= 0.3 is 5.97 Å². The van der Waals surface area contributed by atoms with E-state index in [1.165, 1.54) is 12.8 Å². The highest BCUT2D eigenvalue weighted by Crippen LogP contribution is 2.20. The minimum Gasteiger partial charge on any atom is -0.481 e. The molecule has 1 atom stereocenters. The number of nitrogens with zero attached hydrogens (tertiary/aromatic N) is 1. The van der Waals surface area contributed by atoms with Crippen molar-refractivity contribution in [1.29, 1.82) is 0 Å². The summed E-state index contributed by atoms with van der Waals surface area (Å²) in [6, 6.07) is 0. The number of carboxylic acids is 1. The van der Waals surface area contributed by atoms with E-state index in [1.807, 2.05) is 0 Å². The van der Waals surface area contributed by atoms with Crippen LogP contribution in [-0.2, 0) is 4.79 Å². The Labute approximate surface area is 97.0 Å². The third-order valence-electron chi connectivity index (χ3n) is 3.85. The second kappa shape index (κ2) is 5.64. The number of piperidine rings is 2. The van der Waals surface area contributed by atoms with Gasteiger partial charge in [0.1, 0.15) is 0 Å². The van der Waals surface area contributed by atoms with E-state index >= 15 is 0 Å². The zero-order valence-electron chi connectivity index (χ0n) is 9.82. The molecular weight excluding hydrogens is 204 g/mol. The molecule has 16 heavy (non-hydrogen) atoms. The maximum Gasteiger partial charge on any atom is 0.306 e. The van der Waals surface area contributed by atoms with Crippen LogP contribution in [0, 0.1) is 11.8 Å². The van der Waals surface area contributed by atoms with Crippen LogP contribution in [0.5, 0.6) is 0 Å². The third kappa shape index (κ3) is 3.19. The van der Waals surface area contributed by atoms with Gasteiger partial charge in [-0.05, 0) is 57.8 Å². The Bertz CT molecular complexity index is 231. The van der Waals surface area contributed by atoms with Gasteiger partial charge in [-0.1, -0.05) is 0 Å². The molecule has 2 N–H and O–H groups in total. The van der Waals surface area contributed by atoms with Crippen molar-refractivity contribution in [3.63, 3.8) is 0 Å². The fourth-order valence-corrected chi connectivity index (χ4v) is 2.81. The van der Waals surface area contributed by atoms with Crippen LogP contribution in [-0.4, -0.2) is 48.7 Å². The first-order valence-electron chi connectivity index (χ1n) is 6.41. The molecule has 2 rings (SSSR count). The monoisotopic (exact) mass is 226 g/mol. The Balaban J connectivity index is 1.70. The van der Waals surface area contributed by atoms with E-state index in [4.69, 9.17) is 5.11 Å². The van der Waals surface area contributed by atoms with E-state index in [9.17, 15) is 4.79 Å². The van der Waals surface area contributed by atoms with Crippen LogP contribution < -0.4 is 5.32 Å². The van der Waals surface area contributed by atoms with Crippen molar-refractivity contribution in [2.75, 3.05) is 32.7 Å². The summed E-state index contributed by atoms with van der Waals surface area (Å²) < 4.78 is 0. The molecule has 0 saturated carbocycles.